The minimum Gasteiger partial charge on any atom is -0.487 e. The number of halogens is 5. The molecule has 5 nitrogen and oxygen atoms in total. The lowest BCUT2D eigenvalue weighted by atomic mass is 10.1. The van der Waals surface area contributed by atoms with E-state index in [2.05, 4.69) is 37.2 Å². The van der Waals surface area contributed by atoms with Crippen LogP contribution < -0.4 is 15.0 Å². The predicted octanol–water partition coefficient (Wildman–Crippen LogP) is 7.85. The Bertz CT molecular complexity index is 1270. The van der Waals surface area contributed by atoms with Crippen LogP contribution in [0, 0.1) is 0 Å². The van der Waals surface area contributed by atoms with Gasteiger partial charge in [-0.3, -0.25) is 4.79 Å². The number of nitrogens with one attached hydrogen (secondary N) is 1. The molecule has 0 bridgehead atoms. The number of anilines is 1. The second kappa shape index (κ2) is 10.1. The van der Waals surface area contributed by atoms with Crippen LogP contribution >= 0.6 is 66.7 Å². The molecule has 0 radical (unpaired) electrons. The maximum atomic E-state index is 12.8. The molecule has 0 aromatic heterocycles. The lowest BCUT2D eigenvalue weighted by Crippen LogP contribution is -2.30. The van der Waals surface area contributed by atoms with Crippen molar-refractivity contribution in [3.8, 4) is 5.75 Å². The molecule has 3 amide bonds. The first-order valence-corrected chi connectivity index (χ1v) is 12.1. The van der Waals surface area contributed by atoms with Crippen LogP contribution in [0.4, 0.5) is 10.5 Å². The van der Waals surface area contributed by atoms with E-state index in [9.17, 15) is 9.59 Å². The van der Waals surface area contributed by atoms with E-state index in [0.717, 1.165) is 10.5 Å². The maximum Gasteiger partial charge on any atom is 0.333 e. The summed E-state index contributed by atoms with van der Waals surface area (Å²) in [5, 5.41) is 4.05. The fourth-order valence-electron chi connectivity index (χ4n) is 3.11. The molecule has 0 spiro atoms. The van der Waals surface area contributed by atoms with Crippen LogP contribution in [0.5, 0.6) is 5.75 Å². The number of carbonyl (C=O) groups is 2. The van der Waals surface area contributed by atoms with Crippen molar-refractivity contribution < 1.29 is 14.3 Å². The summed E-state index contributed by atoms with van der Waals surface area (Å²) in [6, 6.07) is 14.8. The standard InChI is InChI=1S/C23H13Br2Cl3N2O3/c24-16-7-13(8-17(25)21(16)33-11-12-1-6-18(27)19(28)9-12)10-20-22(31)30(23(32)29-20)15-4-2-14(26)3-5-15/h1-10H,11H2,(H,29,32)/b20-10+. The molecule has 1 aliphatic heterocycles. The topological polar surface area (TPSA) is 58.6 Å². The Balaban J connectivity index is 1.54. The second-order valence-corrected chi connectivity index (χ2v) is 9.92. The second-order valence-electron chi connectivity index (χ2n) is 6.96. The molecule has 10 heteroatoms. The van der Waals surface area contributed by atoms with E-state index in [1.54, 1.807) is 54.6 Å². The summed E-state index contributed by atoms with van der Waals surface area (Å²) >= 11 is 24.9. The third-order valence-corrected chi connectivity index (χ3v) is 6.83. The summed E-state index contributed by atoms with van der Waals surface area (Å²) in [5.74, 6) is 0.113. The summed E-state index contributed by atoms with van der Waals surface area (Å²) < 4.78 is 7.25. The molecule has 0 atom stereocenters. The van der Waals surface area contributed by atoms with Gasteiger partial charge in [-0.1, -0.05) is 40.9 Å². The SMILES string of the molecule is O=C1N/C(=C/c2cc(Br)c(OCc3ccc(Cl)c(Cl)c3)c(Br)c2)C(=O)N1c1ccc(Cl)cc1. The van der Waals surface area contributed by atoms with Gasteiger partial charge in [-0.25, -0.2) is 9.69 Å². The quantitative estimate of drug-likeness (QED) is 0.231. The van der Waals surface area contributed by atoms with Gasteiger partial charge in [0.25, 0.3) is 5.91 Å². The van der Waals surface area contributed by atoms with Gasteiger partial charge in [0.2, 0.25) is 0 Å². The third-order valence-electron chi connectivity index (χ3n) is 4.66. The summed E-state index contributed by atoms with van der Waals surface area (Å²) in [6.45, 7) is 0.277. The van der Waals surface area contributed by atoms with Crippen LogP contribution in [0.1, 0.15) is 11.1 Å². The number of hydrogen-bond acceptors (Lipinski definition) is 3. The monoisotopic (exact) mass is 628 g/mol. The van der Waals surface area contributed by atoms with E-state index in [1.165, 1.54) is 0 Å². The van der Waals surface area contributed by atoms with Gasteiger partial charge in [0.1, 0.15) is 18.1 Å². The molecule has 4 rings (SSSR count). The fourth-order valence-corrected chi connectivity index (χ4v) is 5.01. The summed E-state index contributed by atoms with van der Waals surface area (Å²) in [5.41, 5.74) is 2.12. The van der Waals surface area contributed by atoms with Crippen molar-refractivity contribution >= 4 is 90.4 Å². The molecule has 3 aromatic rings. The number of carbonyl (C=O) groups excluding carboxylic acids is 2. The molecular formula is C23H13Br2Cl3N2O3. The number of benzene rings is 3. The molecule has 168 valence electrons. The first kappa shape index (κ1) is 24.1. The van der Waals surface area contributed by atoms with Crippen LogP contribution in [0.15, 0.2) is 69.2 Å². The number of rotatable bonds is 5. The first-order valence-electron chi connectivity index (χ1n) is 9.41. The van der Waals surface area contributed by atoms with Gasteiger partial charge in [-0.05, 0) is 97.6 Å². The Morgan fingerprint density at radius 3 is 2.21 bits per heavy atom. The van der Waals surface area contributed by atoms with E-state index < -0.39 is 11.9 Å². The molecule has 1 fully saturated rings. The van der Waals surface area contributed by atoms with Crippen LogP contribution in [0.2, 0.25) is 15.1 Å². The average molecular weight is 632 g/mol. The highest BCUT2D eigenvalue weighted by Gasteiger charge is 2.34. The maximum absolute atomic E-state index is 12.8. The average Bonchev–Trinajstić information content (AvgIpc) is 3.03. The zero-order chi connectivity index (χ0) is 23.7. The van der Waals surface area contributed by atoms with Gasteiger partial charge in [-0.2, -0.15) is 0 Å². The Labute approximate surface area is 221 Å². The number of ether oxygens (including phenoxy) is 1. The van der Waals surface area contributed by atoms with E-state index in [0.29, 0.717) is 41.0 Å². The Hall–Kier alpha value is -2.03. The zero-order valence-electron chi connectivity index (χ0n) is 16.5. The van der Waals surface area contributed by atoms with Gasteiger partial charge < -0.3 is 10.1 Å². The van der Waals surface area contributed by atoms with Crippen molar-refractivity contribution in [1.29, 1.82) is 0 Å². The third kappa shape index (κ3) is 5.39. The molecule has 0 saturated carbocycles. The smallest absolute Gasteiger partial charge is 0.333 e. The van der Waals surface area contributed by atoms with Crippen molar-refractivity contribution in [2.24, 2.45) is 0 Å². The highest BCUT2D eigenvalue weighted by molar-refractivity contribution is 9.11. The number of urea groups is 1. The Morgan fingerprint density at radius 2 is 1.58 bits per heavy atom. The van der Waals surface area contributed by atoms with Crippen LogP contribution in [-0.4, -0.2) is 11.9 Å². The van der Waals surface area contributed by atoms with Crippen molar-refractivity contribution in [2.45, 2.75) is 6.61 Å². The Morgan fingerprint density at radius 1 is 0.909 bits per heavy atom. The van der Waals surface area contributed by atoms with E-state index >= 15 is 0 Å². The van der Waals surface area contributed by atoms with Crippen molar-refractivity contribution in [2.75, 3.05) is 4.90 Å². The summed E-state index contributed by atoms with van der Waals surface area (Å²) in [7, 11) is 0. The largest absolute Gasteiger partial charge is 0.487 e. The number of imide groups is 1. The van der Waals surface area contributed by atoms with Gasteiger partial charge in [0, 0.05) is 5.02 Å². The van der Waals surface area contributed by atoms with Crippen molar-refractivity contribution in [3.05, 3.63) is 95.4 Å². The van der Waals surface area contributed by atoms with Gasteiger partial charge in [0.15, 0.2) is 0 Å². The van der Waals surface area contributed by atoms with E-state index in [1.807, 2.05) is 6.07 Å². The molecule has 0 aliphatic carbocycles. The predicted molar refractivity (Wildman–Crippen MR) is 138 cm³/mol. The van der Waals surface area contributed by atoms with Gasteiger partial charge >= 0.3 is 6.03 Å². The zero-order valence-corrected chi connectivity index (χ0v) is 22.0. The van der Waals surface area contributed by atoms with Crippen LogP contribution in [0.25, 0.3) is 6.08 Å². The summed E-state index contributed by atoms with van der Waals surface area (Å²) in [4.78, 5) is 26.3. The van der Waals surface area contributed by atoms with E-state index in [4.69, 9.17) is 39.5 Å². The lowest BCUT2D eigenvalue weighted by Gasteiger charge is -2.12. The van der Waals surface area contributed by atoms with Crippen molar-refractivity contribution in [3.63, 3.8) is 0 Å². The van der Waals surface area contributed by atoms with Gasteiger partial charge in [-0.15, -0.1) is 0 Å². The van der Waals surface area contributed by atoms with Crippen molar-refractivity contribution in [1.82, 2.24) is 5.32 Å². The van der Waals surface area contributed by atoms with Crippen LogP contribution in [-0.2, 0) is 11.4 Å². The molecule has 1 saturated heterocycles. The first-order chi connectivity index (χ1) is 15.7. The number of amides is 3. The molecule has 1 aliphatic rings. The highest BCUT2D eigenvalue weighted by atomic mass is 79.9. The molecule has 33 heavy (non-hydrogen) atoms. The molecule has 0 unspecified atom stereocenters. The molecular weight excluding hydrogens is 618 g/mol. The molecule has 3 aromatic carbocycles. The highest BCUT2D eigenvalue weighted by Crippen LogP contribution is 2.36. The van der Waals surface area contributed by atoms with Gasteiger partial charge in [0.05, 0.1) is 24.7 Å². The molecule has 1 N–H and O–H groups in total. The van der Waals surface area contributed by atoms with E-state index in [-0.39, 0.29) is 12.3 Å². The molecule has 1 heterocycles. The fraction of sp³-hybridized carbons (Fsp3) is 0.0435. The minimum absolute atomic E-state index is 0.151. The van der Waals surface area contributed by atoms with Crippen LogP contribution in [0.3, 0.4) is 0 Å². The Kier molecular flexibility index (Phi) is 7.36. The summed E-state index contributed by atoms with van der Waals surface area (Å²) in [6.07, 6.45) is 1.59. The number of hydrogen-bond donors (Lipinski definition) is 1. The minimum atomic E-state index is -0.534. The lowest BCUT2D eigenvalue weighted by molar-refractivity contribution is -0.113. The normalized spacial score (nSPS) is 14.7. The number of nitrogens with zero attached hydrogens (tertiary/aromatic N) is 1.